The van der Waals surface area contributed by atoms with Crippen LogP contribution in [-0.2, 0) is 10.0 Å². The third-order valence-corrected chi connectivity index (χ3v) is 3.70. The highest BCUT2D eigenvalue weighted by Crippen LogP contribution is 2.23. The van der Waals surface area contributed by atoms with Crippen molar-refractivity contribution in [3.05, 3.63) is 23.2 Å². The fourth-order valence-corrected chi connectivity index (χ4v) is 2.65. The molecular formula is C10H14ClN3O3S. The van der Waals surface area contributed by atoms with Crippen molar-refractivity contribution >= 4 is 33.3 Å². The van der Waals surface area contributed by atoms with Gasteiger partial charge in [0.2, 0.25) is 0 Å². The lowest BCUT2D eigenvalue weighted by Gasteiger charge is -2.11. The number of rotatable bonds is 3. The largest absolute Gasteiger partial charge is 0.399 e. The predicted molar refractivity (Wildman–Crippen MR) is 69.9 cm³/mol. The average Bonchev–Trinajstić information content (AvgIpc) is 2.19. The first-order valence-electron chi connectivity index (χ1n) is 5.10. The topological polar surface area (TPSA) is 101 Å². The third kappa shape index (κ3) is 3.78. The minimum Gasteiger partial charge on any atom is -0.399 e. The van der Waals surface area contributed by atoms with Crippen molar-refractivity contribution in [2.75, 3.05) is 5.73 Å². The number of hydrogen-bond acceptors (Lipinski definition) is 4. The van der Waals surface area contributed by atoms with Crippen LogP contribution in [0.25, 0.3) is 0 Å². The summed E-state index contributed by atoms with van der Waals surface area (Å²) in [6, 6.07) is 3.01. The van der Waals surface area contributed by atoms with Crippen molar-refractivity contribution in [1.82, 2.24) is 10.0 Å². The molecule has 0 fully saturated rings. The Morgan fingerprint density at radius 1 is 1.39 bits per heavy atom. The molecule has 0 spiro atoms. The summed E-state index contributed by atoms with van der Waals surface area (Å²) in [5.41, 5.74) is 5.72. The van der Waals surface area contributed by atoms with Crippen molar-refractivity contribution in [3.63, 3.8) is 0 Å². The fourth-order valence-electron chi connectivity index (χ4n) is 1.19. The Labute approximate surface area is 111 Å². The summed E-state index contributed by atoms with van der Waals surface area (Å²) in [7, 11) is -4.03. The zero-order valence-electron chi connectivity index (χ0n) is 9.90. The standard InChI is InChI=1S/C10H14ClN3O3S/c1-6(2)13-10(15)14-18(16,17)9-5-7(12)3-4-8(9)11/h3-6H,12H2,1-2H3,(H2,13,14,15). The molecule has 1 aromatic carbocycles. The summed E-state index contributed by atoms with van der Waals surface area (Å²) >= 11 is 5.76. The van der Waals surface area contributed by atoms with Gasteiger partial charge in [0.1, 0.15) is 4.90 Å². The quantitative estimate of drug-likeness (QED) is 0.731. The number of sulfonamides is 1. The van der Waals surface area contributed by atoms with Crippen molar-refractivity contribution in [1.29, 1.82) is 0 Å². The Morgan fingerprint density at radius 2 is 2.00 bits per heavy atom. The molecule has 0 bridgehead atoms. The molecule has 0 unspecified atom stereocenters. The molecule has 0 aromatic heterocycles. The van der Waals surface area contributed by atoms with Crippen LogP contribution in [-0.4, -0.2) is 20.5 Å². The first kappa shape index (κ1) is 14.6. The van der Waals surface area contributed by atoms with Crippen molar-refractivity contribution < 1.29 is 13.2 Å². The average molecular weight is 292 g/mol. The zero-order chi connectivity index (χ0) is 13.9. The van der Waals surface area contributed by atoms with Gasteiger partial charge in [0.05, 0.1) is 5.02 Å². The van der Waals surface area contributed by atoms with E-state index >= 15 is 0 Å². The number of urea groups is 1. The molecule has 100 valence electrons. The lowest BCUT2D eigenvalue weighted by atomic mass is 10.3. The van der Waals surface area contributed by atoms with E-state index in [-0.39, 0.29) is 21.6 Å². The smallest absolute Gasteiger partial charge is 0.328 e. The molecular weight excluding hydrogens is 278 g/mol. The van der Waals surface area contributed by atoms with Crippen LogP contribution in [0.15, 0.2) is 23.1 Å². The maximum atomic E-state index is 11.9. The predicted octanol–water partition coefficient (Wildman–Crippen LogP) is 1.32. The Morgan fingerprint density at radius 3 is 2.56 bits per heavy atom. The second-order valence-electron chi connectivity index (χ2n) is 3.92. The number of carbonyl (C=O) groups is 1. The molecule has 0 radical (unpaired) electrons. The molecule has 6 nitrogen and oxygen atoms in total. The van der Waals surface area contributed by atoms with Gasteiger partial charge in [-0.25, -0.2) is 17.9 Å². The first-order valence-corrected chi connectivity index (χ1v) is 6.97. The summed E-state index contributed by atoms with van der Waals surface area (Å²) in [4.78, 5) is 11.1. The van der Waals surface area contributed by atoms with Gasteiger partial charge in [-0.05, 0) is 32.0 Å². The molecule has 0 heterocycles. The summed E-state index contributed by atoms with van der Waals surface area (Å²) in [5, 5.41) is 2.39. The maximum absolute atomic E-state index is 11.9. The molecule has 8 heteroatoms. The van der Waals surface area contributed by atoms with E-state index < -0.39 is 16.1 Å². The summed E-state index contributed by atoms with van der Waals surface area (Å²) in [5.74, 6) is 0. The number of benzene rings is 1. The van der Waals surface area contributed by atoms with Gasteiger partial charge in [0.25, 0.3) is 10.0 Å². The highest BCUT2D eigenvalue weighted by Gasteiger charge is 2.21. The van der Waals surface area contributed by atoms with E-state index in [0.29, 0.717) is 0 Å². The number of halogens is 1. The van der Waals surface area contributed by atoms with Gasteiger partial charge < -0.3 is 11.1 Å². The molecule has 0 saturated heterocycles. The Balaban J connectivity index is 3.00. The molecule has 18 heavy (non-hydrogen) atoms. The summed E-state index contributed by atoms with van der Waals surface area (Å²) in [6.45, 7) is 3.42. The SMILES string of the molecule is CC(C)NC(=O)NS(=O)(=O)c1cc(N)ccc1Cl. The van der Waals surface area contributed by atoms with Crippen LogP contribution in [0.4, 0.5) is 10.5 Å². The zero-order valence-corrected chi connectivity index (χ0v) is 11.5. The molecule has 0 atom stereocenters. The maximum Gasteiger partial charge on any atom is 0.328 e. The molecule has 4 N–H and O–H groups in total. The number of nitrogen functional groups attached to an aromatic ring is 1. The van der Waals surface area contributed by atoms with Crippen molar-refractivity contribution in [3.8, 4) is 0 Å². The molecule has 0 saturated carbocycles. The van der Waals surface area contributed by atoms with Gasteiger partial charge in [-0.2, -0.15) is 0 Å². The van der Waals surface area contributed by atoms with Crippen LogP contribution < -0.4 is 15.8 Å². The van der Waals surface area contributed by atoms with Crippen LogP contribution in [0.2, 0.25) is 5.02 Å². The highest BCUT2D eigenvalue weighted by molar-refractivity contribution is 7.90. The lowest BCUT2D eigenvalue weighted by molar-refractivity contribution is 0.243. The van der Waals surface area contributed by atoms with Crippen LogP contribution in [0.1, 0.15) is 13.8 Å². The highest BCUT2D eigenvalue weighted by atomic mass is 35.5. The monoisotopic (exact) mass is 291 g/mol. The van der Waals surface area contributed by atoms with Crippen LogP contribution in [0, 0.1) is 0 Å². The van der Waals surface area contributed by atoms with Crippen molar-refractivity contribution in [2.24, 2.45) is 0 Å². The molecule has 0 aliphatic rings. The number of hydrogen-bond donors (Lipinski definition) is 3. The van der Waals surface area contributed by atoms with Crippen LogP contribution >= 0.6 is 11.6 Å². The van der Waals surface area contributed by atoms with E-state index in [1.54, 1.807) is 13.8 Å². The Kier molecular flexibility index (Phi) is 4.42. The lowest BCUT2D eigenvalue weighted by Crippen LogP contribution is -2.42. The number of amides is 2. The number of carbonyl (C=O) groups excluding carboxylic acids is 1. The van der Waals surface area contributed by atoms with E-state index in [9.17, 15) is 13.2 Å². The van der Waals surface area contributed by atoms with Crippen LogP contribution in [0.3, 0.4) is 0 Å². The first-order chi connectivity index (χ1) is 8.22. The van der Waals surface area contributed by atoms with Gasteiger partial charge in [0, 0.05) is 11.7 Å². The minimum absolute atomic E-state index is 0.00551. The molecule has 1 rings (SSSR count). The van der Waals surface area contributed by atoms with Gasteiger partial charge in [-0.3, -0.25) is 0 Å². The van der Waals surface area contributed by atoms with E-state index in [1.165, 1.54) is 18.2 Å². The minimum atomic E-state index is -4.03. The van der Waals surface area contributed by atoms with Crippen LogP contribution in [0.5, 0.6) is 0 Å². The van der Waals surface area contributed by atoms with E-state index in [2.05, 4.69) is 5.32 Å². The number of nitrogens with one attached hydrogen (secondary N) is 2. The second-order valence-corrected chi connectivity index (χ2v) is 5.98. The normalized spacial score (nSPS) is 11.3. The molecule has 2 amide bonds. The molecule has 0 aliphatic carbocycles. The van der Waals surface area contributed by atoms with Gasteiger partial charge in [0.15, 0.2) is 0 Å². The van der Waals surface area contributed by atoms with Gasteiger partial charge >= 0.3 is 6.03 Å². The summed E-state index contributed by atoms with van der Waals surface area (Å²) < 4.78 is 25.6. The second kappa shape index (κ2) is 5.45. The molecule has 0 aliphatic heterocycles. The van der Waals surface area contributed by atoms with E-state index in [0.717, 1.165) is 0 Å². The number of anilines is 1. The fraction of sp³-hybridized carbons (Fsp3) is 0.300. The van der Waals surface area contributed by atoms with E-state index in [1.807, 2.05) is 4.72 Å². The van der Waals surface area contributed by atoms with Crippen molar-refractivity contribution in [2.45, 2.75) is 24.8 Å². The summed E-state index contributed by atoms with van der Waals surface area (Å²) in [6.07, 6.45) is 0. The Bertz CT molecular complexity index is 557. The van der Waals surface area contributed by atoms with E-state index in [4.69, 9.17) is 17.3 Å². The number of nitrogens with two attached hydrogens (primary N) is 1. The third-order valence-electron chi connectivity index (χ3n) is 1.89. The van der Waals surface area contributed by atoms with Gasteiger partial charge in [-0.15, -0.1) is 0 Å². The Hall–Kier alpha value is -1.47. The molecule has 1 aromatic rings. The van der Waals surface area contributed by atoms with Gasteiger partial charge in [-0.1, -0.05) is 11.6 Å².